The summed E-state index contributed by atoms with van der Waals surface area (Å²) in [5.74, 6) is 0.665. The Bertz CT molecular complexity index is 395. The maximum absolute atomic E-state index is 5.25. The molecule has 120 valence electrons. The van der Waals surface area contributed by atoms with Gasteiger partial charge in [0.15, 0.2) is 0 Å². The molecule has 0 amide bonds. The molecule has 1 aromatic heterocycles. The van der Waals surface area contributed by atoms with Crippen LogP contribution in [0.2, 0.25) is 0 Å². The second kappa shape index (κ2) is 9.87. The van der Waals surface area contributed by atoms with Crippen LogP contribution in [0.25, 0.3) is 0 Å². The third-order valence-electron chi connectivity index (χ3n) is 3.53. The predicted molar refractivity (Wildman–Crippen MR) is 88.2 cm³/mol. The third-order valence-corrected chi connectivity index (χ3v) is 3.53. The van der Waals surface area contributed by atoms with Crippen LogP contribution in [-0.2, 0) is 17.8 Å². The fourth-order valence-electron chi connectivity index (χ4n) is 2.34. The summed E-state index contributed by atoms with van der Waals surface area (Å²) in [5.41, 5.74) is 2.24. The highest BCUT2D eigenvalue weighted by atomic mass is 16.5. The number of aromatic nitrogens is 1. The summed E-state index contributed by atoms with van der Waals surface area (Å²) in [6, 6.07) is 6.70. The number of hydrogen-bond acceptors (Lipinski definition) is 4. The average molecular weight is 293 g/mol. The number of rotatable bonds is 10. The molecule has 0 saturated heterocycles. The van der Waals surface area contributed by atoms with Gasteiger partial charge in [0.05, 0.1) is 18.0 Å². The lowest BCUT2D eigenvalue weighted by Crippen LogP contribution is -2.35. The monoisotopic (exact) mass is 293 g/mol. The SMILES string of the molecule is CCN(Cc1cccc(CNCC(C)C)n1)C(C)COC. The zero-order valence-corrected chi connectivity index (χ0v) is 14.2. The highest BCUT2D eigenvalue weighted by Gasteiger charge is 2.13. The van der Waals surface area contributed by atoms with E-state index in [1.165, 1.54) is 0 Å². The first kappa shape index (κ1) is 18.1. The number of ether oxygens (including phenoxy) is 1. The number of hydrogen-bond donors (Lipinski definition) is 1. The first-order valence-electron chi connectivity index (χ1n) is 7.95. The zero-order chi connectivity index (χ0) is 15.7. The van der Waals surface area contributed by atoms with Gasteiger partial charge in [0.1, 0.15) is 0 Å². The molecule has 4 nitrogen and oxygen atoms in total. The van der Waals surface area contributed by atoms with Crippen LogP contribution in [0, 0.1) is 5.92 Å². The van der Waals surface area contributed by atoms with Crippen molar-refractivity contribution >= 4 is 0 Å². The number of nitrogens with zero attached hydrogens (tertiary/aromatic N) is 2. The van der Waals surface area contributed by atoms with Gasteiger partial charge in [0, 0.05) is 26.2 Å². The van der Waals surface area contributed by atoms with Gasteiger partial charge in [-0.2, -0.15) is 0 Å². The largest absolute Gasteiger partial charge is 0.383 e. The van der Waals surface area contributed by atoms with Crippen molar-refractivity contribution in [2.45, 2.75) is 46.8 Å². The van der Waals surface area contributed by atoms with Gasteiger partial charge in [-0.15, -0.1) is 0 Å². The van der Waals surface area contributed by atoms with Crippen molar-refractivity contribution in [3.8, 4) is 0 Å². The van der Waals surface area contributed by atoms with Gasteiger partial charge in [-0.25, -0.2) is 0 Å². The molecule has 0 aromatic carbocycles. The topological polar surface area (TPSA) is 37.4 Å². The first-order valence-corrected chi connectivity index (χ1v) is 7.95. The molecule has 4 heteroatoms. The van der Waals surface area contributed by atoms with E-state index in [4.69, 9.17) is 9.72 Å². The molecule has 0 aliphatic rings. The highest BCUT2D eigenvalue weighted by molar-refractivity contribution is 5.11. The minimum absolute atomic E-state index is 0.407. The Kier molecular flexibility index (Phi) is 8.50. The van der Waals surface area contributed by atoms with Gasteiger partial charge in [0.25, 0.3) is 0 Å². The first-order chi connectivity index (χ1) is 10.1. The van der Waals surface area contributed by atoms with Gasteiger partial charge in [0.2, 0.25) is 0 Å². The van der Waals surface area contributed by atoms with Crippen LogP contribution in [0.1, 0.15) is 39.1 Å². The van der Waals surface area contributed by atoms with Gasteiger partial charge < -0.3 is 10.1 Å². The molecule has 1 heterocycles. The zero-order valence-electron chi connectivity index (χ0n) is 14.2. The molecule has 0 aliphatic carbocycles. The Hall–Kier alpha value is -0.970. The molecule has 1 rings (SSSR count). The van der Waals surface area contributed by atoms with Gasteiger partial charge in [-0.1, -0.05) is 26.8 Å². The molecular weight excluding hydrogens is 262 g/mol. The summed E-state index contributed by atoms with van der Waals surface area (Å²) in [4.78, 5) is 7.14. The van der Waals surface area contributed by atoms with E-state index in [0.717, 1.165) is 44.2 Å². The van der Waals surface area contributed by atoms with E-state index in [0.29, 0.717) is 12.0 Å². The fourth-order valence-corrected chi connectivity index (χ4v) is 2.34. The van der Waals surface area contributed by atoms with Crippen LogP contribution in [0.15, 0.2) is 18.2 Å². The molecule has 0 spiro atoms. The number of methoxy groups -OCH3 is 1. The van der Waals surface area contributed by atoms with Crippen LogP contribution in [0.3, 0.4) is 0 Å². The van der Waals surface area contributed by atoms with Gasteiger partial charge >= 0.3 is 0 Å². The summed E-state index contributed by atoms with van der Waals surface area (Å²) in [6.07, 6.45) is 0. The quantitative estimate of drug-likeness (QED) is 0.720. The average Bonchev–Trinajstić information content (AvgIpc) is 2.45. The molecule has 0 bridgehead atoms. The van der Waals surface area contributed by atoms with Crippen molar-refractivity contribution in [3.05, 3.63) is 29.6 Å². The molecule has 21 heavy (non-hydrogen) atoms. The second-order valence-electron chi connectivity index (χ2n) is 6.01. The summed E-state index contributed by atoms with van der Waals surface area (Å²) < 4.78 is 5.25. The Morgan fingerprint density at radius 3 is 2.57 bits per heavy atom. The minimum Gasteiger partial charge on any atom is -0.383 e. The predicted octanol–water partition coefficient (Wildman–Crippen LogP) is 2.68. The highest BCUT2D eigenvalue weighted by Crippen LogP contribution is 2.08. The van der Waals surface area contributed by atoms with Crippen molar-refractivity contribution < 1.29 is 4.74 Å². The summed E-state index contributed by atoms with van der Waals surface area (Å²) in [6.45, 7) is 13.3. The minimum atomic E-state index is 0.407. The maximum Gasteiger partial charge on any atom is 0.0615 e. The summed E-state index contributed by atoms with van der Waals surface area (Å²) in [5, 5.41) is 3.44. The van der Waals surface area contributed by atoms with E-state index in [2.05, 4.69) is 56.1 Å². The summed E-state index contributed by atoms with van der Waals surface area (Å²) in [7, 11) is 1.75. The second-order valence-corrected chi connectivity index (χ2v) is 6.01. The number of likely N-dealkylation sites (N-methyl/N-ethyl adjacent to an activating group) is 1. The van der Waals surface area contributed by atoms with Crippen LogP contribution >= 0.6 is 0 Å². The van der Waals surface area contributed by atoms with Gasteiger partial charge in [-0.3, -0.25) is 9.88 Å². The lowest BCUT2D eigenvalue weighted by molar-refractivity contribution is 0.0973. The van der Waals surface area contributed by atoms with Gasteiger partial charge in [-0.05, 0) is 38.1 Å². The lowest BCUT2D eigenvalue weighted by atomic mass is 10.2. The van der Waals surface area contributed by atoms with Crippen molar-refractivity contribution in [3.63, 3.8) is 0 Å². The van der Waals surface area contributed by atoms with Crippen LogP contribution in [0.4, 0.5) is 0 Å². The fraction of sp³-hybridized carbons (Fsp3) is 0.706. The van der Waals surface area contributed by atoms with Crippen molar-refractivity contribution in [1.82, 2.24) is 15.2 Å². The number of pyridine rings is 1. The standard InChI is InChI=1S/C17H31N3O/c1-6-20(15(4)13-21-5)12-17-9-7-8-16(19-17)11-18-10-14(2)3/h7-9,14-15,18H,6,10-13H2,1-5H3. The molecule has 1 atom stereocenters. The van der Waals surface area contributed by atoms with E-state index < -0.39 is 0 Å². The van der Waals surface area contributed by atoms with E-state index in [9.17, 15) is 0 Å². The number of nitrogens with one attached hydrogen (secondary N) is 1. The van der Waals surface area contributed by atoms with E-state index in [1.54, 1.807) is 7.11 Å². The Morgan fingerprint density at radius 2 is 1.95 bits per heavy atom. The molecule has 0 radical (unpaired) electrons. The molecule has 0 saturated carbocycles. The molecule has 1 aromatic rings. The van der Waals surface area contributed by atoms with E-state index in [-0.39, 0.29) is 0 Å². The van der Waals surface area contributed by atoms with Crippen LogP contribution in [-0.4, -0.2) is 42.7 Å². The smallest absolute Gasteiger partial charge is 0.0615 e. The van der Waals surface area contributed by atoms with Crippen molar-refractivity contribution in [2.75, 3.05) is 26.8 Å². The van der Waals surface area contributed by atoms with Crippen LogP contribution < -0.4 is 5.32 Å². The molecule has 0 fully saturated rings. The maximum atomic E-state index is 5.25. The van der Waals surface area contributed by atoms with E-state index in [1.807, 2.05) is 0 Å². The molecule has 0 aliphatic heterocycles. The third kappa shape index (κ3) is 7.02. The van der Waals surface area contributed by atoms with E-state index >= 15 is 0 Å². The Morgan fingerprint density at radius 1 is 1.24 bits per heavy atom. The van der Waals surface area contributed by atoms with Crippen molar-refractivity contribution in [2.24, 2.45) is 5.92 Å². The van der Waals surface area contributed by atoms with Crippen molar-refractivity contribution in [1.29, 1.82) is 0 Å². The lowest BCUT2D eigenvalue weighted by Gasteiger charge is -2.27. The molecule has 1 N–H and O–H groups in total. The molecule has 1 unspecified atom stereocenters. The molecular formula is C17H31N3O. The normalized spacial score (nSPS) is 13.1. The summed E-state index contributed by atoms with van der Waals surface area (Å²) >= 11 is 0. The Labute approximate surface area is 129 Å². The Balaban J connectivity index is 2.58. The van der Waals surface area contributed by atoms with Crippen LogP contribution in [0.5, 0.6) is 0 Å².